The molecule has 0 aromatic carbocycles. The van der Waals surface area contributed by atoms with E-state index in [0.717, 1.165) is 26.1 Å². The smallest absolute Gasteiger partial charge is 0.220 e. The highest BCUT2D eigenvalue weighted by Crippen LogP contribution is 2.15. The summed E-state index contributed by atoms with van der Waals surface area (Å²) in [5.41, 5.74) is 0. The van der Waals surface area contributed by atoms with E-state index in [1.54, 1.807) is 11.8 Å². The monoisotopic (exact) mass is 244 g/mol. The maximum Gasteiger partial charge on any atom is 0.220 e. The molecule has 3 nitrogen and oxygen atoms in total. The van der Waals surface area contributed by atoms with Crippen LogP contribution in [0.5, 0.6) is 0 Å². The van der Waals surface area contributed by atoms with Gasteiger partial charge in [-0.1, -0.05) is 6.92 Å². The van der Waals surface area contributed by atoms with E-state index in [2.05, 4.69) is 23.8 Å². The zero-order chi connectivity index (χ0) is 11.8. The second-order valence-corrected chi connectivity index (χ2v) is 5.88. The fourth-order valence-corrected chi connectivity index (χ4v) is 2.18. The van der Waals surface area contributed by atoms with Gasteiger partial charge in [-0.15, -0.1) is 0 Å². The number of rotatable bonds is 6. The Morgan fingerprint density at radius 3 is 3.06 bits per heavy atom. The first-order valence-corrected chi connectivity index (χ1v) is 7.51. The van der Waals surface area contributed by atoms with Crippen molar-refractivity contribution >= 4 is 17.7 Å². The second-order valence-electron chi connectivity index (χ2n) is 4.60. The lowest BCUT2D eigenvalue weighted by atomic mass is 9.94. The molecule has 0 spiro atoms. The van der Waals surface area contributed by atoms with Crippen LogP contribution in [0.1, 0.15) is 32.6 Å². The van der Waals surface area contributed by atoms with E-state index in [1.807, 2.05) is 0 Å². The van der Waals surface area contributed by atoms with Gasteiger partial charge in [-0.25, -0.2) is 0 Å². The molecule has 94 valence electrons. The molecule has 0 aromatic heterocycles. The molecule has 4 heteroatoms. The highest BCUT2D eigenvalue weighted by atomic mass is 32.2. The van der Waals surface area contributed by atoms with Crippen molar-refractivity contribution in [1.29, 1.82) is 0 Å². The average molecular weight is 244 g/mol. The van der Waals surface area contributed by atoms with Gasteiger partial charge in [-0.3, -0.25) is 4.79 Å². The van der Waals surface area contributed by atoms with Gasteiger partial charge in [0.2, 0.25) is 5.91 Å². The number of carbonyl (C=O) groups excluding carboxylic acids is 1. The van der Waals surface area contributed by atoms with Crippen LogP contribution < -0.4 is 10.6 Å². The van der Waals surface area contributed by atoms with E-state index in [1.165, 1.54) is 12.8 Å². The van der Waals surface area contributed by atoms with Crippen molar-refractivity contribution in [3.05, 3.63) is 0 Å². The molecule has 1 aliphatic heterocycles. The number of hydrogen-bond acceptors (Lipinski definition) is 3. The number of amides is 1. The number of thioether (sulfide) groups is 1. The summed E-state index contributed by atoms with van der Waals surface area (Å²) in [6.07, 6.45) is 6.34. The standard InChI is InChI=1S/C12H24N2OS/c1-10(16-2)8-14-12(15)6-5-11-4-3-7-13-9-11/h10-11,13H,3-9H2,1-2H3,(H,14,15). The van der Waals surface area contributed by atoms with Crippen LogP contribution in [-0.4, -0.2) is 37.0 Å². The summed E-state index contributed by atoms with van der Waals surface area (Å²) >= 11 is 1.79. The highest BCUT2D eigenvalue weighted by molar-refractivity contribution is 7.99. The van der Waals surface area contributed by atoms with Gasteiger partial charge in [0.15, 0.2) is 0 Å². The Kier molecular flexibility index (Phi) is 6.88. The summed E-state index contributed by atoms with van der Waals surface area (Å²) in [5, 5.41) is 6.89. The number of carbonyl (C=O) groups is 1. The molecular weight excluding hydrogens is 220 g/mol. The van der Waals surface area contributed by atoms with E-state index < -0.39 is 0 Å². The molecule has 1 amide bonds. The van der Waals surface area contributed by atoms with Crippen molar-refractivity contribution in [2.45, 2.75) is 37.9 Å². The molecule has 1 heterocycles. The molecule has 0 radical (unpaired) electrons. The minimum Gasteiger partial charge on any atom is -0.355 e. The van der Waals surface area contributed by atoms with Gasteiger partial charge in [0.25, 0.3) is 0 Å². The van der Waals surface area contributed by atoms with E-state index >= 15 is 0 Å². The third kappa shape index (κ3) is 5.75. The van der Waals surface area contributed by atoms with Crippen LogP contribution in [-0.2, 0) is 4.79 Å². The summed E-state index contributed by atoms with van der Waals surface area (Å²) in [5.74, 6) is 0.920. The summed E-state index contributed by atoms with van der Waals surface area (Å²) in [4.78, 5) is 11.6. The van der Waals surface area contributed by atoms with Crippen molar-refractivity contribution in [2.24, 2.45) is 5.92 Å². The van der Waals surface area contributed by atoms with E-state index in [-0.39, 0.29) is 5.91 Å². The van der Waals surface area contributed by atoms with Crippen molar-refractivity contribution < 1.29 is 4.79 Å². The minimum atomic E-state index is 0.214. The van der Waals surface area contributed by atoms with Crippen LogP contribution >= 0.6 is 11.8 Å². The number of hydrogen-bond donors (Lipinski definition) is 2. The minimum absolute atomic E-state index is 0.214. The first-order valence-electron chi connectivity index (χ1n) is 6.22. The zero-order valence-electron chi connectivity index (χ0n) is 10.4. The van der Waals surface area contributed by atoms with E-state index in [4.69, 9.17) is 0 Å². The summed E-state index contributed by atoms with van der Waals surface area (Å²) in [6, 6.07) is 0. The summed E-state index contributed by atoms with van der Waals surface area (Å²) < 4.78 is 0. The first-order chi connectivity index (χ1) is 7.72. The fraction of sp³-hybridized carbons (Fsp3) is 0.917. The second kappa shape index (κ2) is 7.96. The van der Waals surface area contributed by atoms with Crippen LogP contribution in [0.3, 0.4) is 0 Å². The topological polar surface area (TPSA) is 41.1 Å². The van der Waals surface area contributed by atoms with Gasteiger partial charge in [-0.05, 0) is 44.5 Å². The largest absolute Gasteiger partial charge is 0.355 e. The SMILES string of the molecule is CSC(C)CNC(=O)CCC1CCCNC1. The van der Waals surface area contributed by atoms with Gasteiger partial charge >= 0.3 is 0 Å². The number of nitrogens with one attached hydrogen (secondary N) is 2. The zero-order valence-corrected chi connectivity index (χ0v) is 11.2. The quantitative estimate of drug-likeness (QED) is 0.746. The average Bonchev–Trinajstić information content (AvgIpc) is 2.34. The third-order valence-electron chi connectivity index (χ3n) is 3.17. The molecule has 0 aliphatic carbocycles. The molecule has 0 saturated carbocycles. The molecule has 16 heavy (non-hydrogen) atoms. The van der Waals surface area contributed by atoms with Crippen LogP contribution in [0.4, 0.5) is 0 Å². The predicted octanol–water partition coefficient (Wildman–Crippen LogP) is 1.63. The molecule has 1 fully saturated rings. The Labute approximate surface area is 103 Å². The van der Waals surface area contributed by atoms with Crippen molar-refractivity contribution in [3.8, 4) is 0 Å². The lowest BCUT2D eigenvalue weighted by Crippen LogP contribution is -2.32. The highest BCUT2D eigenvalue weighted by Gasteiger charge is 2.14. The molecule has 2 atom stereocenters. The van der Waals surface area contributed by atoms with Gasteiger partial charge in [0.05, 0.1) is 0 Å². The molecule has 1 rings (SSSR count). The molecule has 2 unspecified atom stereocenters. The summed E-state index contributed by atoms with van der Waals surface area (Å²) in [6.45, 7) is 5.17. The lowest BCUT2D eigenvalue weighted by Gasteiger charge is -2.22. The predicted molar refractivity (Wildman–Crippen MR) is 70.8 cm³/mol. The van der Waals surface area contributed by atoms with Crippen molar-refractivity contribution in [2.75, 3.05) is 25.9 Å². The Balaban J connectivity index is 2.05. The molecule has 1 aliphatic rings. The molecule has 1 saturated heterocycles. The maximum atomic E-state index is 11.6. The van der Waals surface area contributed by atoms with Crippen LogP contribution in [0.2, 0.25) is 0 Å². The molecule has 0 bridgehead atoms. The molecule has 2 N–H and O–H groups in total. The van der Waals surface area contributed by atoms with Crippen molar-refractivity contribution in [1.82, 2.24) is 10.6 Å². The fourth-order valence-electron chi connectivity index (χ4n) is 1.93. The Hall–Kier alpha value is -0.220. The van der Waals surface area contributed by atoms with Gasteiger partial charge in [-0.2, -0.15) is 11.8 Å². The third-order valence-corrected chi connectivity index (χ3v) is 4.14. The number of piperidine rings is 1. The van der Waals surface area contributed by atoms with Crippen LogP contribution in [0.15, 0.2) is 0 Å². The van der Waals surface area contributed by atoms with Gasteiger partial charge in [0.1, 0.15) is 0 Å². The Morgan fingerprint density at radius 2 is 2.44 bits per heavy atom. The molecule has 0 aromatic rings. The van der Waals surface area contributed by atoms with Crippen LogP contribution in [0, 0.1) is 5.92 Å². The lowest BCUT2D eigenvalue weighted by molar-refractivity contribution is -0.121. The Bertz CT molecular complexity index is 205. The Morgan fingerprint density at radius 1 is 1.62 bits per heavy atom. The van der Waals surface area contributed by atoms with Gasteiger partial charge in [0, 0.05) is 18.2 Å². The van der Waals surface area contributed by atoms with Gasteiger partial charge < -0.3 is 10.6 Å². The van der Waals surface area contributed by atoms with E-state index in [0.29, 0.717) is 17.6 Å². The van der Waals surface area contributed by atoms with Crippen LogP contribution in [0.25, 0.3) is 0 Å². The first kappa shape index (κ1) is 13.8. The van der Waals surface area contributed by atoms with Crippen molar-refractivity contribution in [3.63, 3.8) is 0 Å². The van der Waals surface area contributed by atoms with E-state index in [9.17, 15) is 4.79 Å². The maximum absolute atomic E-state index is 11.6. The normalized spacial score (nSPS) is 22.8. The molecular formula is C12H24N2OS. The summed E-state index contributed by atoms with van der Waals surface area (Å²) in [7, 11) is 0.